The van der Waals surface area contributed by atoms with E-state index >= 15 is 0 Å². The summed E-state index contributed by atoms with van der Waals surface area (Å²) in [4.78, 5) is 8.68. The monoisotopic (exact) mass is 323 g/mol. The SMILES string of the molecule is COc1cccc(CC2(Nc3ncnc4[nH]ncc34)CCCC2)c1. The number of ether oxygens (including phenoxy) is 1. The highest BCUT2D eigenvalue weighted by molar-refractivity contribution is 5.85. The number of nitrogens with one attached hydrogen (secondary N) is 2. The maximum atomic E-state index is 5.36. The van der Waals surface area contributed by atoms with Gasteiger partial charge in [0.2, 0.25) is 0 Å². The summed E-state index contributed by atoms with van der Waals surface area (Å²) in [5.41, 5.74) is 2.06. The van der Waals surface area contributed by atoms with E-state index in [1.54, 1.807) is 19.6 Å². The molecule has 0 unspecified atom stereocenters. The summed E-state index contributed by atoms with van der Waals surface area (Å²) in [6, 6.07) is 8.32. The maximum absolute atomic E-state index is 5.36. The summed E-state index contributed by atoms with van der Waals surface area (Å²) in [5, 5.41) is 11.6. The number of aromatic amines is 1. The molecule has 4 rings (SSSR count). The summed E-state index contributed by atoms with van der Waals surface area (Å²) in [6.07, 6.45) is 9.05. The molecule has 124 valence electrons. The van der Waals surface area contributed by atoms with Crippen LogP contribution in [-0.2, 0) is 6.42 Å². The van der Waals surface area contributed by atoms with Crippen LogP contribution < -0.4 is 10.1 Å². The van der Waals surface area contributed by atoms with Crippen molar-refractivity contribution < 1.29 is 4.74 Å². The second-order valence-corrected chi connectivity index (χ2v) is 6.50. The fourth-order valence-corrected chi connectivity index (χ4v) is 3.69. The summed E-state index contributed by atoms with van der Waals surface area (Å²) >= 11 is 0. The Morgan fingerprint density at radius 1 is 1.25 bits per heavy atom. The molecule has 0 spiro atoms. The molecule has 2 heterocycles. The maximum Gasteiger partial charge on any atom is 0.160 e. The molecule has 0 aliphatic heterocycles. The number of H-pyrrole nitrogens is 1. The van der Waals surface area contributed by atoms with Gasteiger partial charge in [-0.3, -0.25) is 5.10 Å². The second-order valence-electron chi connectivity index (χ2n) is 6.50. The van der Waals surface area contributed by atoms with Crippen molar-refractivity contribution in [1.82, 2.24) is 20.2 Å². The minimum absolute atomic E-state index is 0.0188. The normalized spacial score (nSPS) is 16.4. The van der Waals surface area contributed by atoms with Crippen molar-refractivity contribution in [3.63, 3.8) is 0 Å². The van der Waals surface area contributed by atoms with Crippen molar-refractivity contribution in [3.05, 3.63) is 42.4 Å². The van der Waals surface area contributed by atoms with Gasteiger partial charge in [-0.2, -0.15) is 5.10 Å². The molecule has 1 saturated carbocycles. The van der Waals surface area contributed by atoms with Gasteiger partial charge in [-0.15, -0.1) is 0 Å². The van der Waals surface area contributed by atoms with Gasteiger partial charge in [0, 0.05) is 5.54 Å². The highest BCUT2D eigenvalue weighted by Crippen LogP contribution is 2.37. The number of fused-ring (bicyclic) bond motifs is 1. The molecule has 6 heteroatoms. The van der Waals surface area contributed by atoms with Gasteiger partial charge in [0.05, 0.1) is 18.7 Å². The molecule has 0 saturated heterocycles. The molecular weight excluding hydrogens is 302 g/mol. The molecule has 24 heavy (non-hydrogen) atoms. The highest BCUT2D eigenvalue weighted by Gasteiger charge is 2.34. The number of aromatic nitrogens is 4. The van der Waals surface area contributed by atoms with Gasteiger partial charge in [0.1, 0.15) is 17.9 Å². The first-order valence-electron chi connectivity index (χ1n) is 8.33. The lowest BCUT2D eigenvalue weighted by atomic mass is 9.89. The molecule has 1 fully saturated rings. The zero-order valence-electron chi connectivity index (χ0n) is 13.7. The number of nitrogens with zero attached hydrogens (tertiary/aromatic N) is 3. The Morgan fingerprint density at radius 2 is 2.12 bits per heavy atom. The van der Waals surface area contributed by atoms with Crippen molar-refractivity contribution in [3.8, 4) is 5.75 Å². The number of hydrogen-bond acceptors (Lipinski definition) is 5. The van der Waals surface area contributed by atoms with Gasteiger partial charge >= 0.3 is 0 Å². The molecule has 0 atom stereocenters. The van der Waals surface area contributed by atoms with Crippen molar-refractivity contribution in [2.75, 3.05) is 12.4 Å². The third-order valence-corrected chi connectivity index (χ3v) is 4.87. The zero-order valence-corrected chi connectivity index (χ0v) is 13.7. The van der Waals surface area contributed by atoms with Gasteiger partial charge in [-0.25, -0.2) is 9.97 Å². The van der Waals surface area contributed by atoms with Crippen molar-refractivity contribution in [2.45, 2.75) is 37.6 Å². The molecule has 0 amide bonds. The average Bonchev–Trinajstić information content (AvgIpc) is 3.25. The number of methoxy groups -OCH3 is 1. The quantitative estimate of drug-likeness (QED) is 0.753. The van der Waals surface area contributed by atoms with E-state index in [0.717, 1.165) is 41.9 Å². The van der Waals surface area contributed by atoms with E-state index in [9.17, 15) is 0 Å². The molecular formula is C18H21N5O. The molecule has 1 aliphatic carbocycles. The van der Waals surface area contributed by atoms with Crippen molar-refractivity contribution >= 4 is 16.9 Å². The lowest BCUT2D eigenvalue weighted by Gasteiger charge is -2.31. The lowest BCUT2D eigenvalue weighted by Crippen LogP contribution is -2.38. The molecule has 0 radical (unpaired) electrons. The third kappa shape index (κ3) is 2.79. The molecule has 2 N–H and O–H groups in total. The van der Waals surface area contributed by atoms with Gasteiger partial charge in [0.15, 0.2) is 5.65 Å². The minimum atomic E-state index is 0.0188. The Kier molecular flexibility index (Phi) is 3.80. The van der Waals surface area contributed by atoms with Crippen LogP contribution in [0.2, 0.25) is 0 Å². The first-order chi connectivity index (χ1) is 11.8. The van der Waals surface area contributed by atoms with Crippen LogP contribution in [0.3, 0.4) is 0 Å². The summed E-state index contributed by atoms with van der Waals surface area (Å²) in [7, 11) is 1.71. The summed E-state index contributed by atoms with van der Waals surface area (Å²) in [5.74, 6) is 1.76. The molecule has 1 aliphatic rings. The Morgan fingerprint density at radius 3 is 2.96 bits per heavy atom. The Hall–Kier alpha value is -2.63. The Labute approximate surface area is 140 Å². The number of hydrogen-bond donors (Lipinski definition) is 2. The second kappa shape index (κ2) is 6.11. The van der Waals surface area contributed by atoms with E-state index in [1.165, 1.54) is 18.4 Å². The van der Waals surface area contributed by atoms with Crippen LogP contribution in [0.4, 0.5) is 5.82 Å². The van der Waals surface area contributed by atoms with Gasteiger partial charge in [-0.05, 0) is 37.0 Å². The molecule has 0 bridgehead atoms. The van der Waals surface area contributed by atoms with E-state index in [4.69, 9.17) is 4.74 Å². The minimum Gasteiger partial charge on any atom is -0.497 e. The van der Waals surface area contributed by atoms with Crippen LogP contribution in [-0.4, -0.2) is 32.8 Å². The summed E-state index contributed by atoms with van der Waals surface area (Å²) in [6.45, 7) is 0. The zero-order chi connectivity index (χ0) is 16.4. The lowest BCUT2D eigenvalue weighted by molar-refractivity contribution is 0.413. The standard InChI is InChI=1S/C18H21N5O/c1-24-14-6-4-5-13(9-14)10-18(7-2-3-8-18)22-16-15-11-21-23-17(15)20-12-19-16/h4-6,9,11-12H,2-3,7-8,10H2,1H3,(H2,19,20,21,22,23). The smallest absolute Gasteiger partial charge is 0.160 e. The van der Waals surface area contributed by atoms with Crippen LogP contribution in [0.5, 0.6) is 5.75 Å². The van der Waals surface area contributed by atoms with Crippen LogP contribution in [0, 0.1) is 0 Å². The van der Waals surface area contributed by atoms with E-state index in [-0.39, 0.29) is 5.54 Å². The molecule has 1 aromatic carbocycles. The fraction of sp³-hybridized carbons (Fsp3) is 0.389. The van der Waals surface area contributed by atoms with Crippen LogP contribution in [0.15, 0.2) is 36.8 Å². The topological polar surface area (TPSA) is 75.7 Å². The van der Waals surface area contributed by atoms with E-state index in [0.29, 0.717) is 0 Å². The van der Waals surface area contributed by atoms with Gasteiger partial charge < -0.3 is 10.1 Å². The first kappa shape index (κ1) is 14.9. The van der Waals surface area contributed by atoms with Crippen LogP contribution in [0.1, 0.15) is 31.2 Å². The molecule has 2 aromatic heterocycles. The van der Waals surface area contributed by atoms with Gasteiger partial charge in [0.25, 0.3) is 0 Å². The largest absolute Gasteiger partial charge is 0.497 e. The fourth-order valence-electron chi connectivity index (χ4n) is 3.69. The average molecular weight is 323 g/mol. The Bertz CT molecular complexity index is 838. The summed E-state index contributed by atoms with van der Waals surface area (Å²) < 4.78 is 5.36. The van der Waals surface area contributed by atoms with Crippen molar-refractivity contribution in [2.24, 2.45) is 0 Å². The van der Waals surface area contributed by atoms with E-state index in [2.05, 4.69) is 43.7 Å². The third-order valence-electron chi connectivity index (χ3n) is 4.87. The number of rotatable bonds is 5. The van der Waals surface area contributed by atoms with E-state index < -0.39 is 0 Å². The van der Waals surface area contributed by atoms with Crippen LogP contribution >= 0.6 is 0 Å². The van der Waals surface area contributed by atoms with Crippen molar-refractivity contribution in [1.29, 1.82) is 0 Å². The number of anilines is 1. The van der Waals surface area contributed by atoms with Gasteiger partial charge in [-0.1, -0.05) is 25.0 Å². The first-order valence-corrected chi connectivity index (χ1v) is 8.33. The molecule has 6 nitrogen and oxygen atoms in total. The Balaban J connectivity index is 1.64. The predicted molar refractivity (Wildman–Crippen MR) is 93.2 cm³/mol. The molecule has 3 aromatic rings. The highest BCUT2D eigenvalue weighted by atomic mass is 16.5. The predicted octanol–water partition coefficient (Wildman–Crippen LogP) is 3.33. The van der Waals surface area contributed by atoms with E-state index in [1.807, 2.05) is 6.07 Å². The van der Waals surface area contributed by atoms with Crippen LogP contribution in [0.25, 0.3) is 11.0 Å². The number of benzene rings is 1.